The second-order valence-corrected chi connectivity index (χ2v) is 7.44. The second-order valence-electron chi connectivity index (χ2n) is 6.50. The van der Waals surface area contributed by atoms with Crippen molar-refractivity contribution in [1.29, 1.82) is 0 Å². The second kappa shape index (κ2) is 7.76. The Bertz CT molecular complexity index is 1040. The highest BCUT2D eigenvalue weighted by Gasteiger charge is 2.16. The van der Waals surface area contributed by atoms with Crippen LogP contribution in [0.3, 0.4) is 0 Å². The summed E-state index contributed by atoms with van der Waals surface area (Å²) < 4.78 is 2.11. The molecule has 4 aromatic rings. The minimum absolute atomic E-state index is 0.804. The lowest BCUT2D eigenvalue weighted by Crippen LogP contribution is -2.00. The Morgan fingerprint density at radius 2 is 1.74 bits per heavy atom. The van der Waals surface area contributed by atoms with E-state index in [4.69, 9.17) is 0 Å². The number of aromatic nitrogens is 4. The Labute approximate surface area is 163 Å². The average molecular weight is 372 g/mol. The first-order valence-corrected chi connectivity index (χ1v) is 9.80. The molecule has 0 aliphatic carbocycles. The van der Waals surface area contributed by atoms with Gasteiger partial charge in [0.05, 0.1) is 0 Å². The summed E-state index contributed by atoms with van der Waals surface area (Å²) in [5.41, 5.74) is 5.78. The number of pyridine rings is 1. The molecule has 0 amide bonds. The molecule has 0 saturated heterocycles. The van der Waals surface area contributed by atoms with E-state index >= 15 is 0 Å². The van der Waals surface area contributed by atoms with Crippen LogP contribution < -0.4 is 0 Å². The van der Waals surface area contributed by atoms with Gasteiger partial charge in [-0.1, -0.05) is 59.3 Å². The third kappa shape index (κ3) is 3.93. The molecule has 0 atom stereocenters. The summed E-state index contributed by atoms with van der Waals surface area (Å²) in [5.74, 6) is 1.65. The molecule has 2 heterocycles. The van der Waals surface area contributed by atoms with Crippen LogP contribution in [0, 0.1) is 13.8 Å². The molecular formula is C22H20N4S. The Balaban J connectivity index is 1.73. The summed E-state index contributed by atoms with van der Waals surface area (Å²) in [4.78, 5) is 4.23. The maximum Gasteiger partial charge on any atom is 0.196 e. The third-order valence-electron chi connectivity index (χ3n) is 4.30. The van der Waals surface area contributed by atoms with Gasteiger partial charge in [-0.2, -0.15) is 0 Å². The first-order valence-electron chi connectivity index (χ1n) is 8.82. The molecule has 0 radical (unpaired) electrons. The highest BCUT2D eigenvalue weighted by atomic mass is 32.2. The van der Waals surface area contributed by atoms with Crippen LogP contribution in [0.5, 0.6) is 0 Å². The van der Waals surface area contributed by atoms with Crippen molar-refractivity contribution in [2.45, 2.75) is 24.8 Å². The molecule has 0 unspecified atom stereocenters. The van der Waals surface area contributed by atoms with Crippen molar-refractivity contribution < 1.29 is 0 Å². The van der Waals surface area contributed by atoms with E-state index in [1.165, 1.54) is 16.7 Å². The maximum atomic E-state index is 4.48. The van der Waals surface area contributed by atoms with Crippen molar-refractivity contribution >= 4 is 11.8 Å². The monoisotopic (exact) mass is 372 g/mol. The summed E-state index contributed by atoms with van der Waals surface area (Å²) in [6, 6.07) is 20.9. The number of aryl methyl sites for hydroxylation is 2. The molecule has 0 aliphatic heterocycles. The summed E-state index contributed by atoms with van der Waals surface area (Å²) in [7, 11) is 0. The average Bonchev–Trinajstić information content (AvgIpc) is 3.12. The first-order chi connectivity index (χ1) is 13.2. The normalized spacial score (nSPS) is 10.9. The van der Waals surface area contributed by atoms with E-state index in [1.54, 1.807) is 18.0 Å². The smallest absolute Gasteiger partial charge is 0.196 e. The quantitative estimate of drug-likeness (QED) is 0.450. The summed E-state index contributed by atoms with van der Waals surface area (Å²) in [6.07, 6.45) is 3.59. The van der Waals surface area contributed by atoms with Crippen molar-refractivity contribution in [3.05, 3.63) is 89.7 Å². The van der Waals surface area contributed by atoms with Crippen LogP contribution in [-0.2, 0) is 5.75 Å². The topological polar surface area (TPSA) is 43.6 Å². The Morgan fingerprint density at radius 1 is 0.889 bits per heavy atom. The number of rotatable bonds is 5. The summed E-state index contributed by atoms with van der Waals surface area (Å²) in [5, 5.41) is 9.82. The molecule has 27 heavy (non-hydrogen) atoms. The molecule has 0 spiro atoms. The highest BCUT2D eigenvalue weighted by Crippen LogP contribution is 2.29. The zero-order chi connectivity index (χ0) is 18.6. The van der Waals surface area contributed by atoms with E-state index in [2.05, 4.69) is 82.1 Å². The number of benzene rings is 2. The summed E-state index contributed by atoms with van der Waals surface area (Å²) >= 11 is 1.69. The number of hydrogen-bond donors (Lipinski definition) is 0. The van der Waals surface area contributed by atoms with E-state index in [1.807, 2.05) is 18.3 Å². The molecule has 2 aromatic carbocycles. The molecule has 134 valence electrons. The van der Waals surface area contributed by atoms with Crippen molar-refractivity contribution in [3.63, 3.8) is 0 Å². The van der Waals surface area contributed by atoms with Gasteiger partial charge in [0.2, 0.25) is 0 Å². The Morgan fingerprint density at radius 3 is 2.48 bits per heavy atom. The van der Waals surface area contributed by atoms with Gasteiger partial charge in [0.25, 0.3) is 0 Å². The zero-order valence-corrected chi connectivity index (χ0v) is 16.1. The first kappa shape index (κ1) is 17.5. The fraction of sp³-hybridized carbons (Fsp3) is 0.136. The van der Waals surface area contributed by atoms with Gasteiger partial charge < -0.3 is 0 Å². The fourth-order valence-electron chi connectivity index (χ4n) is 2.92. The molecular weight excluding hydrogens is 352 g/mol. The number of thioether (sulfide) groups is 1. The molecule has 0 aliphatic rings. The van der Waals surface area contributed by atoms with Crippen LogP contribution in [0.4, 0.5) is 0 Å². The van der Waals surface area contributed by atoms with Crippen molar-refractivity contribution in [1.82, 2.24) is 19.7 Å². The molecule has 0 fully saturated rings. The predicted octanol–water partition coefficient (Wildman–Crippen LogP) is 5.24. The van der Waals surface area contributed by atoms with E-state index in [9.17, 15) is 0 Å². The Kier molecular flexibility index (Phi) is 5.03. The van der Waals surface area contributed by atoms with Crippen molar-refractivity contribution in [2.75, 3.05) is 0 Å². The van der Waals surface area contributed by atoms with Crippen LogP contribution in [0.1, 0.15) is 16.7 Å². The van der Waals surface area contributed by atoms with Gasteiger partial charge >= 0.3 is 0 Å². The third-order valence-corrected chi connectivity index (χ3v) is 5.30. The van der Waals surface area contributed by atoms with Gasteiger partial charge in [0.15, 0.2) is 11.0 Å². The van der Waals surface area contributed by atoms with Gasteiger partial charge in [-0.05, 0) is 43.7 Å². The molecule has 0 saturated carbocycles. The van der Waals surface area contributed by atoms with Crippen LogP contribution in [-0.4, -0.2) is 19.7 Å². The number of hydrogen-bond acceptors (Lipinski definition) is 4. The summed E-state index contributed by atoms with van der Waals surface area (Å²) in [6.45, 7) is 4.20. The van der Waals surface area contributed by atoms with Gasteiger partial charge in [0.1, 0.15) is 0 Å². The van der Waals surface area contributed by atoms with Crippen LogP contribution in [0.2, 0.25) is 0 Å². The number of nitrogens with zero attached hydrogens (tertiary/aromatic N) is 4. The standard InChI is InChI=1S/C22H20N4S/c1-16-8-10-20(11-9-16)26-21(19-7-4-12-23-14-19)24-25-22(26)27-15-18-6-3-5-17(2)13-18/h3-14H,15H2,1-2H3. The van der Waals surface area contributed by atoms with Gasteiger partial charge in [0, 0.05) is 29.4 Å². The van der Waals surface area contributed by atoms with Crippen LogP contribution in [0.15, 0.2) is 78.2 Å². The van der Waals surface area contributed by atoms with Gasteiger partial charge in [-0.25, -0.2) is 0 Å². The zero-order valence-electron chi connectivity index (χ0n) is 15.3. The van der Waals surface area contributed by atoms with Gasteiger partial charge in [-0.15, -0.1) is 10.2 Å². The van der Waals surface area contributed by atoms with Crippen LogP contribution >= 0.6 is 11.8 Å². The molecule has 4 nitrogen and oxygen atoms in total. The van der Waals surface area contributed by atoms with Crippen molar-refractivity contribution in [2.24, 2.45) is 0 Å². The largest absolute Gasteiger partial charge is 0.270 e. The molecule has 2 aromatic heterocycles. The lowest BCUT2D eigenvalue weighted by atomic mass is 10.2. The minimum Gasteiger partial charge on any atom is -0.270 e. The predicted molar refractivity (Wildman–Crippen MR) is 110 cm³/mol. The van der Waals surface area contributed by atoms with E-state index < -0.39 is 0 Å². The minimum atomic E-state index is 0.804. The lowest BCUT2D eigenvalue weighted by Gasteiger charge is -2.11. The maximum absolute atomic E-state index is 4.48. The van der Waals surface area contributed by atoms with E-state index in [-0.39, 0.29) is 0 Å². The van der Waals surface area contributed by atoms with E-state index in [0.717, 1.165) is 28.0 Å². The highest BCUT2D eigenvalue weighted by molar-refractivity contribution is 7.98. The lowest BCUT2D eigenvalue weighted by molar-refractivity contribution is 0.885. The molecule has 4 rings (SSSR count). The molecule has 0 N–H and O–H groups in total. The van der Waals surface area contributed by atoms with E-state index in [0.29, 0.717) is 0 Å². The van der Waals surface area contributed by atoms with Crippen molar-refractivity contribution in [3.8, 4) is 17.1 Å². The molecule has 5 heteroatoms. The fourth-order valence-corrected chi connectivity index (χ4v) is 3.82. The molecule has 0 bridgehead atoms. The SMILES string of the molecule is Cc1ccc(-n2c(SCc3cccc(C)c3)nnc2-c2cccnc2)cc1. The van der Waals surface area contributed by atoms with Crippen LogP contribution in [0.25, 0.3) is 17.1 Å². The Hall–Kier alpha value is -2.92. The van der Waals surface area contributed by atoms with Gasteiger partial charge in [-0.3, -0.25) is 9.55 Å².